The van der Waals surface area contributed by atoms with Crippen molar-refractivity contribution in [3.8, 4) is 0 Å². The predicted octanol–water partition coefficient (Wildman–Crippen LogP) is 3.29. The van der Waals surface area contributed by atoms with Gasteiger partial charge in [-0.3, -0.25) is 0 Å². The normalized spacial score (nSPS) is 26.9. The van der Waals surface area contributed by atoms with Gasteiger partial charge in [0.25, 0.3) is 0 Å². The predicted molar refractivity (Wildman–Crippen MR) is 89.6 cm³/mol. The summed E-state index contributed by atoms with van der Waals surface area (Å²) in [4.78, 5) is 2.65. The zero-order chi connectivity index (χ0) is 15.0. The third-order valence-electron chi connectivity index (χ3n) is 5.90. The van der Waals surface area contributed by atoms with Crippen LogP contribution < -0.4 is 0 Å². The summed E-state index contributed by atoms with van der Waals surface area (Å²) in [6.45, 7) is 14.4. The highest BCUT2D eigenvalue weighted by Crippen LogP contribution is 2.20. The summed E-state index contributed by atoms with van der Waals surface area (Å²) in [7, 11) is 0. The van der Waals surface area contributed by atoms with E-state index in [1.54, 1.807) is 0 Å². The van der Waals surface area contributed by atoms with E-state index in [2.05, 4.69) is 18.7 Å². The number of hydrogen-bond acceptors (Lipinski definition) is 2. The van der Waals surface area contributed by atoms with Gasteiger partial charge in [0.1, 0.15) is 6.54 Å². The molecule has 2 aliphatic rings. The molecule has 2 heterocycles. The Morgan fingerprint density at radius 2 is 1.81 bits per heavy atom. The number of likely N-dealkylation sites (N-methyl/N-ethyl adjacent to an activating group) is 1. The zero-order valence-corrected chi connectivity index (χ0v) is 14.5. The highest BCUT2D eigenvalue weighted by molar-refractivity contribution is 4.75. The molecule has 0 saturated carbocycles. The molecule has 2 aliphatic heterocycles. The molecular formula is C18H37N2O+. The van der Waals surface area contributed by atoms with Gasteiger partial charge in [-0.2, -0.15) is 0 Å². The highest BCUT2D eigenvalue weighted by atomic mass is 16.5. The molecule has 3 heteroatoms. The van der Waals surface area contributed by atoms with Gasteiger partial charge in [-0.1, -0.05) is 13.3 Å². The van der Waals surface area contributed by atoms with Crippen LogP contribution in [0.5, 0.6) is 0 Å². The van der Waals surface area contributed by atoms with Crippen LogP contribution in [0.2, 0.25) is 0 Å². The molecule has 2 rings (SSSR count). The molecule has 21 heavy (non-hydrogen) atoms. The first-order valence-electron chi connectivity index (χ1n) is 9.46. The van der Waals surface area contributed by atoms with Crippen LogP contribution in [0, 0.1) is 0 Å². The molecule has 0 N–H and O–H groups in total. The summed E-state index contributed by atoms with van der Waals surface area (Å²) in [5.74, 6) is 0. The third-order valence-corrected chi connectivity index (χ3v) is 5.90. The van der Waals surface area contributed by atoms with E-state index in [1.807, 2.05) is 0 Å². The van der Waals surface area contributed by atoms with Crippen LogP contribution in [-0.4, -0.2) is 67.9 Å². The monoisotopic (exact) mass is 297 g/mol. The largest absolute Gasteiger partial charge is 0.376 e. The molecule has 0 radical (unpaired) electrons. The van der Waals surface area contributed by atoms with Crippen molar-refractivity contribution in [3.05, 3.63) is 0 Å². The van der Waals surface area contributed by atoms with Crippen LogP contribution >= 0.6 is 0 Å². The lowest BCUT2D eigenvalue weighted by atomic mass is 10.00. The first-order valence-corrected chi connectivity index (χ1v) is 9.46. The molecule has 0 aromatic heterocycles. The van der Waals surface area contributed by atoms with Crippen LogP contribution in [0.1, 0.15) is 58.8 Å². The van der Waals surface area contributed by atoms with Crippen molar-refractivity contribution in [1.29, 1.82) is 0 Å². The Balaban J connectivity index is 1.60. The van der Waals surface area contributed by atoms with Crippen molar-refractivity contribution >= 4 is 0 Å². The average Bonchev–Trinajstić information content (AvgIpc) is 2.56. The summed E-state index contributed by atoms with van der Waals surface area (Å²) in [6.07, 6.45) is 9.70. The molecule has 1 atom stereocenters. The van der Waals surface area contributed by atoms with E-state index < -0.39 is 0 Å². The second-order valence-electron chi connectivity index (χ2n) is 7.07. The number of quaternary nitrogens is 1. The fourth-order valence-corrected chi connectivity index (χ4v) is 4.26. The van der Waals surface area contributed by atoms with E-state index in [0.717, 1.165) is 19.3 Å². The number of piperidine rings is 2. The Kier molecular flexibility index (Phi) is 7.48. The third kappa shape index (κ3) is 5.22. The van der Waals surface area contributed by atoms with Crippen LogP contribution in [-0.2, 0) is 4.74 Å². The Bertz CT molecular complexity index is 276. The highest BCUT2D eigenvalue weighted by Gasteiger charge is 2.27. The maximum absolute atomic E-state index is 6.02. The van der Waals surface area contributed by atoms with E-state index >= 15 is 0 Å². The average molecular weight is 298 g/mol. The van der Waals surface area contributed by atoms with Gasteiger partial charge >= 0.3 is 0 Å². The fourth-order valence-electron chi connectivity index (χ4n) is 4.26. The van der Waals surface area contributed by atoms with Gasteiger partial charge in [0.2, 0.25) is 0 Å². The maximum atomic E-state index is 6.02. The summed E-state index contributed by atoms with van der Waals surface area (Å²) < 4.78 is 7.33. The molecule has 1 unspecified atom stereocenters. The van der Waals surface area contributed by atoms with Crippen molar-refractivity contribution in [3.63, 3.8) is 0 Å². The summed E-state index contributed by atoms with van der Waals surface area (Å²) >= 11 is 0. The van der Waals surface area contributed by atoms with Gasteiger partial charge in [-0.15, -0.1) is 0 Å². The number of nitrogens with zero attached hydrogens (tertiary/aromatic N) is 2. The Labute approximate surface area is 132 Å². The summed E-state index contributed by atoms with van der Waals surface area (Å²) in [5, 5.41) is 0. The number of rotatable bonds is 8. The van der Waals surface area contributed by atoms with Crippen molar-refractivity contribution in [2.45, 2.75) is 64.8 Å². The Hall–Kier alpha value is -0.120. The fraction of sp³-hybridized carbons (Fsp3) is 1.00. The minimum absolute atomic E-state index is 0.785. The second-order valence-corrected chi connectivity index (χ2v) is 7.07. The summed E-state index contributed by atoms with van der Waals surface area (Å²) in [5.41, 5.74) is 0. The molecule has 124 valence electrons. The molecule has 0 bridgehead atoms. The molecule has 0 amide bonds. The van der Waals surface area contributed by atoms with Gasteiger partial charge in [0, 0.05) is 12.6 Å². The molecule has 0 spiro atoms. The Morgan fingerprint density at radius 1 is 1.00 bits per heavy atom. The van der Waals surface area contributed by atoms with E-state index in [1.165, 1.54) is 88.7 Å². The van der Waals surface area contributed by atoms with Crippen molar-refractivity contribution < 1.29 is 9.22 Å². The van der Waals surface area contributed by atoms with Gasteiger partial charge in [0.05, 0.1) is 26.2 Å². The molecule has 3 nitrogen and oxygen atoms in total. The molecule has 2 saturated heterocycles. The minimum Gasteiger partial charge on any atom is -0.376 e. The van der Waals surface area contributed by atoms with Crippen LogP contribution in [0.3, 0.4) is 0 Å². The number of ether oxygens (including phenoxy) is 1. The minimum atomic E-state index is 0.785. The van der Waals surface area contributed by atoms with Crippen molar-refractivity contribution in [2.75, 3.05) is 52.5 Å². The molecule has 0 aliphatic carbocycles. The lowest BCUT2D eigenvalue weighted by molar-refractivity contribution is -0.931. The van der Waals surface area contributed by atoms with Crippen LogP contribution in [0.25, 0.3) is 0 Å². The topological polar surface area (TPSA) is 12.5 Å². The van der Waals surface area contributed by atoms with Gasteiger partial charge in [-0.25, -0.2) is 0 Å². The number of likely N-dealkylation sites (tertiary alicyclic amines) is 2. The lowest BCUT2D eigenvalue weighted by Crippen LogP contribution is -2.53. The van der Waals surface area contributed by atoms with E-state index in [0.29, 0.717) is 0 Å². The van der Waals surface area contributed by atoms with Gasteiger partial charge < -0.3 is 14.1 Å². The van der Waals surface area contributed by atoms with Gasteiger partial charge in [0.15, 0.2) is 0 Å². The summed E-state index contributed by atoms with van der Waals surface area (Å²) in [6, 6.07) is 0.785. The lowest BCUT2D eigenvalue weighted by Gasteiger charge is -2.40. The SMILES string of the molecule is CCN1CCCCC1CCOCC[N+]1(CC)CCCCC1. The van der Waals surface area contributed by atoms with Crippen molar-refractivity contribution in [2.24, 2.45) is 0 Å². The smallest absolute Gasteiger partial charge is 0.102 e. The van der Waals surface area contributed by atoms with E-state index in [9.17, 15) is 0 Å². The molecule has 0 aromatic carbocycles. The van der Waals surface area contributed by atoms with Crippen molar-refractivity contribution in [1.82, 2.24) is 4.90 Å². The molecule has 0 aromatic rings. The Morgan fingerprint density at radius 3 is 2.52 bits per heavy atom. The van der Waals surface area contributed by atoms with E-state index in [-0.39, 0.29) is 0 Å². The number of hydrogen-bond donors (Lipinski definition) is 0. The first-order chi connectivity index (χ1) is 10.3. The van der Waals surface area contributed by atoms with Crippen LogP contribution in [0.4, 0.5) is 0 Å². The standard InChI is InChI=1S/C18H37N2O/c1-3-19-12-7-6-10-18(19)11-16-21-17-15-20(4-2)13-8-5-9-14-20/h18H,3-17H2,1-2H3/q+1. The molecule has 2 fully saturated rings. The van der Waals surface area contributed by atoms with E-state index in [4.69, 9.17) is 4.74 Å². The maximum Gasteiger partial charge on any atom is 0.102 e. The second kappa shape index (κ2) is 9.12. The zero-order valence-electron chi connectivity index (χ0n) is 14.5. The molecular weight excluding hydrogens is 260 g/mol. The quantitative estimate of drug-likeness (QED) is 0.503. The van der Waals surface area contributed by atoms with Gasteiger partial charge in [-0.05, 0) is 58.5 Å². The van der Waals surface area contributed by atoms with Crippen LogP contribution in [0.15, 0.2) is 0 Å². The first kappa shape index (κ1) is 17.2.